The molecule has 0 saturated carbocycles. The maximum atomic E-state index is 11.7. The Hall–Kier alpha value is -0.320. The van der Waals surface area contributed by atoms with Crippen molar-refractivity contribution in [1.29, 1.82) is 0 Å². The van der Waals surface area contributed by atoms with Gasteiger partial charge in [-0.05, 0) is 45.3 Å². The number of carbonyl (C=O) groups is 1. The highest BCUT2D eigenvalue weighted by molar-refractivity contribution is 5.85. The number of piperidine rings is 1. The number of carbonyl (C=O) groups excluding carboxylic acids is 1. The van der Waals surface area contributed by atoms with E-state index in [9.17, 15) is 4.79 Å². The Morgan fingerprint density at radius 1 is 1.24 bits per heavy atom. The van der Waals surface area contributed by atoms with Gasteiger partial charge in [0.15, 0.2) is 0 Å². The first-order valence-electron chi connectivity index (χ1n) is 6.60. The van der Waals surface area contributed by atoms with Crippen molar-refractivity contribution in [1.82, 2.24) is 15.5 Å². The van der Waals surface area contributed by atoms with E-state index in [0.717, 1.165) is 32.5 Å². The fourth-order valence-electron chi connectivity index (χ4n) is 2.55. The molecule has 0 aliphatic carbocycles. The first-order chi connectivity index (χ1) is 7.86. The van der Waals surface area contributed by atoms with Gasteiger partial charge in [0, 0.05) is 13.1 Å². The molecular formula is C12H24ClN3O. The van der Waals surface area contributed by atoms with E-state index in [2.05, 4.69) is 15.5 Å². The molecule has 0 spiro atoms. The molecule has 4 nitrogen and oxygen atoms in total. The Bertz CT molecular complexity index is 226. The highest BCUT2D eigenvalue weighted by Crippen LogP contribution is 2.07. The van der Waals surface area contributed by atoms with Crippen molar-refractivity contribution in [2.45, 2.75) is 38.1 Å². The first kappa shape index (κ1) is 14.7. The van der Waals surface area contributed by atoms with Gasteiger partial charge in [0.25, 0.3) is 0 Å². The Balaban J connectivity index is 0.00000144. The lowest BCUT2D eigenvalue weighted by Crippen LogP contribution is -2.44. The summed E-state index contributed by atoms with van der Waals surface area (Å²) in [6.07, 6.45) is 6.13. The van der Waals surface area contributed by atoms with Crippen LogP contribution in [0.15, 0.2) is 0 Å². The minimum absolute atomic E-state index is 0. The van der Waals surface area contributed by atoms with Gasteiger partial charge in [0.2, 0.25) is 5.91 Å². The number of likely N-dealkylation sites (tertiary alicyclic amines) is 1. The Morgan fingerprint density at radius 2 is 2.00 bits per heavy atom. The highest BCUT2D eigenvalue weighted by Gasteiger charge is 2.21. The van der Waals surface area contributed by atoms with Gasteiger partial charge in [-0.25, -0.2) is 0 Å². The summed E-state index contributed by atoms with van der Waals surface area (Å²) in [5.74, 6) is 0.189. The van der Waals surface area contributed by atoms with E-state index in [1.54, 1.807) is 0 Å². The van der Waals surface area contributed by atoms with Crippen LogP contribution in [-0.2, 0) is 4.79 Å². The van der Waals surface area contributed by atoms with Crippen LogP contribution in [-0.4, -0.2) is 49.6 Å². The average molecular weight is 262 g/mol. The first-order valence-corrected chi connectivity index (χ1v) is 6.60. The fourth-order valence-corrected chi connectivity index (χ4v) is 2.55. The predicted molar refractivity (Wildman–Crippen MR) is 71.6 cm³/mol. The van der Waals surface area contributed by atoms with Crippen molar-refractivity contribution < 1.29 is 4.79 Å². The molecule has 0 aromatic carbocycles. The van der Waals surface area contributed by atoms with Crippen LogP contribution in [0.25, 0.3) is 0 Å². The molecule has 2 N–H and O–H groups in total. The minimum atomic E-state index is 0. The van der Waals surface area contributed by atoms with Crippen LogP contribution in [0.2, 0.25) is 0 Å². The maximum absolute atomic E-state index is 11.7. The normalized spacial score (nSPS) is 25.3. The van der Waals surface area contributed by atoms with Gasteiger partial charge < -0.3 is 15.5 Å². The SMILES string of the molecule is Cl.O=C(NCCN1CCCCC1)C1CCCN1. The second kappa shape index (κ2) is 7.90. The van der Waals surface area contributed by atoms with Crippen LogP contribution in [0, 0.1) is 0 Å². The summed E-state index contributed by atoms with van der Waals surface area (Å²) in [5.41, 5.74) is 0. The van der Waals surface area contributed by atoms with Crippen molar-refractivity contribution in [2.75, 3.05) is 32.7 Å². The lowest BCUT2D eigenvalue weighted by atomic mass is 10.1. The molecule has 17 heavy (non-hydrogen) atoms. The van der Waals surface area contributed by atoms with Crippen LogP contribution >= 0.6 is 12.4 Å². The van der Waals surface area contributed by atoms with Gasteiger partial charge in [-0.1, -0.05) is 6.42 Å². The van der Waals surface area contributed by atoms with Crippen LogP contribution in [0.5, 0.6) is 0 Å². The van der Waals surface area contributed by atoms with Crippen LogP contribution in [0.4, 0.5) is 0 Å². The summed E-state index contributed by atoms with van der Waals surface area (Å²) in [5, 5.41) is 6.25. The number of hydrogen-bond acceptors (Lipinski definition) is 3. The van der Waals surface area contributed by atoms with Gasteiger partial charge in [-0.2, -0.15) is 0 Å². The topological polar surface area (TPSA) is 44.4 Å². The molecule has 100 valence electrons. The molecule has 2 fully saturated rings. The number of hydrogen-bond donors (Lipinski definition) is 2. The number of nitrogens with zero attached hydrogens (tertiary/aromatic N) is 1. The molecule has 2 rings (SSSR count). The smallest absolute Gasteiger partial charge is 0.237 e. The van der Waals surface area contributed by atoms with Crippen LogP contribution in [0.1, 0.15) is 32.1 Å². The van der Waals surface area contributed by atoms with Crippen molar-refractivity contribution in [3.05, 3.63) is 0 Å². The molecule has 1 atom stereocenters. The van der Waals surface area contributed by atoms with Crippen molar-refractivity contribution >= 4 is 18.3 Å². The van der Waals surface area contributed by atoms with E-state index in [0.29, 0.717) is 0 Å². The molecule has 2 aliphatic heterocycles. The van der Waals surface area contributed by atoms with Gasteiger partial charge in [0.05, 0.1) is 6.04 Å². The molecule has 2 saturated heterocycles. The van der Waals surface area contributed by atoms with E-state index in [1.165, 1.54) is 32.4 Å². The summed E-state index contributed by atoms with van der Waals surface area (Å²) in [6, 6.07) is 0.0707. The number of rotatable bonds is 4. The predicted octanol–water partition coefficient (Wildman–Crippen LogP) is 0.762. The number of halogens is 1. The number of amides is 1. The number of nitrogens with one attached hydrogen (secondary N) is 2. The highest BCUT2D eigenvalue weighted by atomic mass is 35.5. The lowest BCUT2D eigenvalue weighted by Gasteiger charge is -2.26. The Kier molecular flexibility index (Phi) is 6.85. The quantitative estimate of drug-likeness (QED) is 0.786. The van der Waals surface area contributed by atoms with Crippen LogP contribution < -0.4 is 10.6 Å². The van der Waals surface area contributed by atoms with Crippen LogP contribution in [0.3, 0.4) is 0 Å². The standard InChI is InChI=1S/C12H23N3O.ClH/c16-12(11-5-4-6-13-11)14-7-10-15-8-2-1-3-9-15;/h11,13H,1-10H2,(H,14,16);1H. The molecule has 5 heteroatoms. The summed E-state index contributed by atoms with van der Waals surface area (Å²) in [7, 11) is 0. The fraction of sp³-hybridized carbons (Fsp3) is 0.917. The molecule has 2 heterocycles. The monoisotopic (exact) mass is 261 g/mol. The van der Waals surface area contributed by atoms with Crippen molar-refractivity contribution in [3.8, 4) is 0 Å². The Morgan fingerprint density at radius 3 is 2.65 bits per heavy atom. The summed E-state index contributed by atoms with van der Waals surface area (Å²) in [6.45, 7) is 5.22. The van der Waals surface area contributed by atoms with Crippen molar-refractivity contribution in [2.24, 2.45) is 0 Å². The average Bonchev–Trinajstić information content (AvgIpc) is 2.84. The van der Waals surface area contributed by atoms with E-state index in [-0.39, 0.29) is 24.4 Å². The van der Waals surface area contributed by atoms with Gasteiger partial charge in [-0.15, -0.1) is 12.4 Å². The molecule has 0 bridgehead atoms. The molecule has 2 aliphatic rings. The minimum Gasteiger partial charge on any atom is -0.353 e. The second-order valence-electron chi connectivity index (χ2n) is 4.84. The van der Waals surface area contributed by atoms with E-state index < -0.39 is 0 Å². The van der Waals surface area contributed by atoms with E-state index in [1.807, 2.05) is 0 Å². The van der Waals surface area contributed by atoms with Gasteiger partial charge >= 0.3 is 0 Å². The molecule has 0 aromatic heterocycles. The molecular weight excluding hydrogens is 238 g/mol. The molecule has 0 radical (unpaired) electrons. The third-order valence-electron chi connectivity index (χ3n) is 3.55. The Labute approximate surface area is 110 Å². The second-order valence-corrected chi connectivity index (χ2v) is 4.84. The zero-order chi connectivity index (χ0) is 11.2. The zero-order valence-corrected chi connectivity index (χ0v) is 11.2. The molecule has 0 aromatic rings. The largest absolute Gasteiger partial charge is 0.353 e. The summed E-state index contributed by atoms with van der Waals surface area (Å²) < 4.78 is 0. The van der Waals surface area contributed by atoms with E-state index in [4.69, 9.17) is 0 Å². The van der Waals surface area contributed by atoms with Crippen molar-refractivity contribution in [3.63, 3.8) is 0 Å². The van der Waals surface area contributed by atoms with Gasteiger partial charge in [0.1, 0.15) is 0 Å². The third-order valence-corrected chi connectivity index (χ3v) is 3.55. The summed E-state index contributed by atoms with van der Waals surface area (Å²) in [4.78, 5) is 14.1. The van der Waals surface area contributed by atoms with Gasteiger partial charge in [-0.3, -0.25) is 4.79 Å². The lowest BCUT2D eigenvalue weighted by molar-refractivity contribution is -0.122. The molecule has 1 unspecified atom stereocenters. The molecule has 1 amide bonds. The maximum Gasteiger partial charge on any atom is 0.237 e. The third kappa shape index (κ3) is 4.82. The van der Waals surface area contributed by atoms with E-state index >= 15 is 0 Å². The summed E-state index contributed by atoms with van der Waals surface area (Å²) >= 11 is 0. The zero-order valence-electron chi connectivity index (χ0n) is 10.4.